The molecule has 1 heterocycles. The maximum absolute atomic E-state index is 13.1. The van der Waals surface area contributed by atoms with Crippen molar-refractivity contribution in [3.63, 3.8) is 0 Å². The van der Waals surface area contributed by atoms with Crippen LogP contribution in [0.3, 0.4) is 0 Å². The predicted molar refractivity (Wildman–Crippen MR) is 73.4 cm³/mol. The second kappa shape index (κ2) is 5.89. The van der Waals surface area contributed by atoms with Gasteiger partial charge in [-0.1, -0.05) is 6.07 Å². The van der Waals surface area contributed by atoms with E-state index in [2.05, 4.69) is 15.3 Å². The third-order valence-corrected chi connectivity index (χ3v) is 3.24. The van der Waals surface area contributed by atoms with Crippen LogP contribution in [0.25, 0.3) is 0 Å². The molecule has 1 N–H and O–H groups in total. The third kappa shape index (κ3) is 3.35. The van der Waals surface area contributed by atoms with E-state index < -0.39 is 0 Å². The number of nitrogens with one attached hydrogen (secondary N) is 1. The van der Waals surface area contributed by atoms with Gasteiger partial charge in [-0.15, -0.1) is 0 Å². The zero-order chi connectivity index (χ0) is 13.8. The normalized spacial score (nSPS) is 12.4. The van der Waals surface area contributed by atoms with Crippen molar-refractivity contribution in [3.05, 3.63) is 58.9 Å². The molecule has 0 saturated heterocycles. The van der Waals surface area contributed by atoms with E-state index in [1.807, 2.05) is 27.0 Å². The van der Waals surface area contributed by atoms with E-state index in [9.17, 15) is 4.39 Å². The molecular weight excluding hydrogens is 241 g/mol. The van der Waals surface area contributed by atoms with E-state index in [0.717, 1.165) is 28.9 Å². The molecule has 0 fully saturated rings. The average Bonchev–Trinajstić information content (AvgIpc) is 2.39. The molecule has 1 unspecified atom stereocenters. The molecule has 2 rings (SSSR count). The molecule has 0 saturated carbocycles. The van der Waals surface area contributed by atoms with Crippen molar-refractivity contribution in [2.45, 2.75) is 26.3 Å². The molecule has 0 amide bonds. The number of nitrogens with zero attached hydrogens (tertiary/aromatic N) is 2. The summed E-state index contributed by atoms with van der Waals surface area (Å²) in [6.07, 6.45) is 4.31. The van der Waals surface area contributed by atoms with Crippen molar-refractivity contribution in [1.82, 2.24) is 15.3 Å². The van der Waals surface area contributed by atoms with Crippen LogP contribution in [-0.4, -0.2) is 17.0 Å². The monoisotopic (exact) mass is 259 g/mol. The van der Waals surface area contributed by atoms with E-state index in [0.29, 0.717) is 0 Å². The summed E-state index contributed by atoms with van der Waals surface area (Å²) in [5.74, 6) is -0.197. The standard InChI is InChI=1S/C15H18FN3/c1-10-6-13(16)5-4-12(10)7-14(17-3)15-9-18-11(2)8-19-15/h4-6,8-9,14,17H,7H2,1-3H3. The summed E-state index contributed by atoms with van der Waals surface area (Å²) < 4.78 is 13.1. The van der Waals surface area contributed by atoms with Gasteiger partial charge in [0.1, 0.15) is 5.82 Å². The summed E-state index contributed by atoms with van der Waals surface area (Å²) in [7, 11) is 1.89. The first-order valence-electron chi connectivity index (χ1n) is 6.31. The van der Waals surface area contributed by atoms with Crippen molar-refractivity contribution in [2.24, 2.45) is 0 Å². The first-order chi connectivity index (χ1) is 9.10. The Hall–Kier alpha value is -1.81. The molecular formula is C15H18FN3. The Morgan fingerprint density at radius 1 is 1.21 bits per heavy atom. The SMILES string of the molecule is CNC(Cc1ccc(F)cc1C)c1cnc(C)cn1. The highest BCUT2D eigenvalue weighted by Crippen LogP contribution is 2.19. The summed E-state index contributed by atoms with van der Waals surface area (Å²) in [6.45, 7) is 3.83. The summed E-state index contributed by atoms with van der Waals surface area (Å²) >= 11 is 0. The van der Waals surface area contributed by atoms with E-state index in [1.165, 1.54) is 6.07 Å². The minimum atomic E-state index is -0.197. The molecule has 0 aliphatic rings. The van der Waals surface area contributed by atoms with Crippen LogP contribution in [0.4, 0.5) is 4.39 Å². The number of aryl methyl sites for hydroxylation is 2. The lowest BCUT2D eigenvalue weighted by Gasteiger charge is -2.17. The lowest BCUT2D eigenvalue weighted by atomic mass is 9.99. The molecule has 0 radical (unpaired) electrons. The van der Waals surface area contributed by atoms with Crippen LogP contribution in [0.2, 0.25) is 0 Å². The highest BCUT2D eigenvalue weighted by Gasteiger charge is 2.13. The smallest absolute Gasteiger partial charge is 0.123 e. The second-order valence-corrected chi connectivity index (χ2v) is 4.70. The van der Waals surface area contributed by atoms with Crippen LogP contribution in [0.15, 0.2) is 30.6 Å². The zero-order valence-electron chi connectivity index (χ0n) is 11.4. The van der Waals surface area contributed by atoms with Crippen LogP contribution in [0.5, 0.6) is 0 Å². The van der Waals surface area contributed by atoms with Gasteiger partial charge in [-0.3, -0.25) is 9.97 Å². The Kier molecular flexibility index (Phi) is 4.22. The number of hydrogen-bond donors (Lipinski definition) is 1. The van der Waals surface area contributed by atoms with Gasteiger partial charge >= 0.3 is 0 Å². The zero-order valence-corrected chi connectivity index (χ0v) is 11.4. The lowest BCUT2D eigenvalue weighted by molar-refractivity contribution is 0.569. The van der Waals surface area contributed by atoms with Gasteiger partial charge in [-0.05, 0) is 50.6 Å². The number of likely N-dealkylation sites (N-methyl/N-ethyl adjacent to an activating group) is 1. The minimum absolute atomic E-state index is 0.0808. The quantitative estimate of drug-likeness (QED) is 0.917. The number of aromatic nitrogens is 2. The summed E-state index contributed by atoms with van der Waals surface area (Å²) in [5.41, 5.74) is 3.87. The molecule has 0 aliphatic heterocycles. The first-order valence-corrected chi connectivity index (χ1v) is 6.31. The van der Waals surface area contributed by atoms with Crippen LogP contribution in [0, 0.1) is 19.7 Å². The third-order valence-electron chi connectivity index (χ3n) is 3.24. The maximum atomic E-state index is 13.1. The topological polar surface area (TPSA) is 37.8 Å². The minimum Gasteiger partial charge on any atom is -0.311 e. The Balaban J connectivity index is 2.21. The average molecular weight is 259 g/mol. The van der Waals surface area contributed by atoms with E-state index in [4.69, 9.17) is 0 Å². The van der Waals surface area contributed by atoms with Gasteiger partial charge in [0.05, 0.1) is 23.6 Å². The van der Waals surface area contributed by atoms with Crippen molar-refractivity contribution in [1.29, 1.82) is 0 Å². The largest absolute Gasteiger partial charge is 0.311 e. The summed E-state index contributed by atoms with van der Waals surface area (Å²) in [4.78, 5) is 8.66. The number of hydrogen-bond acceptors (Lipinski definition) is 3. The van der Waals surface area contributed by atoms with E-state index in [1.54, 1.807) is 18.5 Å². The fourth-order valence-corrected chi connectivity index (χ4v) is 2.05. The van der Waals surface area contributed by atoms with Gasteiger partial charge in [-0.2, -0.15) is 0 Å². The molecule has 100 valence electrons. The van der Waals surface area contributed by atoms with E-state index >= 15 is 0 Å². The van der Waals surface area contributed by atoms with Crippen LogP contribution in [0.1, 0.15) is 28.6 Å². The fourth-order valence-electron chi connectivity index (χ4n) is 2.05. The molecule has 0 bridgehead atoms. The number of benzene rings is 1. The Bertz CT molecular complexity index is 552. The Morgan fingerprint density at radius 3 is 2.58 bits per heavy atom. The van der Waals surface area contributed by atoms with Crippen molar-refractivity contribution in [3.8, 4) is 0 Å². The molecule has 0 aliphatic carbocycles. The summed E-state index contributed by atoms with van der Waals surface area (Å²) in [5, 5.41) is 3.23. The first kappa shape index (κ1) is 13.6. The van der Waals surface area contributed by atoms with Crippen molar-refractivity contribution >= 4 is 0 Å². The highest BCUT2D eigenvalue weighted by molar-refractivity contribution is 5.28. The van der Waals surface area contributed by atoms with E-state index in [-0.39, 0.29) is 11.9 Å². The molecule has 0 spiro atoms. The van der Waals surface area contributed by atoms with Gasteiger partial charge in [0.2, 0.25) is 0 Å². The Morgan fingerprint density at radius 2 is 2.00 bits per heavy atom. The second-order valence-electron chi connectivity index (χ2n) is 4.70. The van der Waals surface area contributed by atoms with Crippen molar-refractivity contribution in [2.75, 3.05) is 7.05 Å². The molecule has 3 nitrogen and oxygen atoms in total. The fraction of sp³-hybridized carbons (Fsp3) is 0.333. The van der Waals surface area contributed by atoms with Gasteiger partial charge in [0.25, 0.3) is 0 Å². The van der Waals surface area contributed by atoms with Gasteiger partial charge in [0.15, 0.2) is 0 Å². The number of rotatable bonds is 4. The van der Waals surface area contributed by atoms with Crippen molar-refractivity contribution < 1.29 is 4.39 Å². The van der Waals surface area contributed by atoms with Crippen LogP contribution < -0.4 is 5.32 Å². The van der Waals surface area contributed by atoms with Gasteiger partial charge in [0, 0.05) is 6.20 Å². The van der Waals surface area contributed by atoms with Crippen LogP contribution in [-0.2, 0) is 6.42 Å². The molecule has 1 aromatic heterocycles. The van der Waals surface area contributed by atoms with Crippen LogP contribution >= 0.6 is 0 Å². The molecule has 19 heavy (non-hydrogen) atoms. The summed E-state index contributed by atoms with van der Waals surface area (Å²) in [6, 6.07) is 4.97. The Labute approximate surface area is 112 Å². The highest BCUT2D eigenvalue weighted by atomic mass is 19.1. The molecule has 1 aromatic carbocycles. The lowest BCUT2D eigenvalue weighted by Crippen LogP contribution is -2.20. The molecule has 1 atom stereocenters. The number of halogens is 1. The molecule has 2 aromatic rings. The molecule has 4 heteroatoms. The predicted octanol–water partition coefficient (Wildman–Crippen LogP) is 2.74. The van der Waals surface area contributed by atoms with Gasteiger partial charge in [-0.25, -0.2) is 4.39 Å². The van der Waals surface area contributed by atoms with Gasteiger partial charge < -0.3 is 5.32 Å². The maximum Gasteiger partial charge on any atom is 0.123 e.